The number of carboxylic acids is 1. The zero-order chi connectivity index (χ0) is 14.6. The van der Waals surface area contributed by atoms with E-state index in [1.54, 1.807) is 6.07 Å². The van der Waals surface area contributed by atoms with Gasteiger partial charge >= 0.3 is 5.97 Å². The van der Waals surface area contributed by atoms with E-state index in [0.717, 1.165) is 4.47 Å². The SMILES string of the molecule is CCCC(NC(=O)c1cc(Br)cn1C(C)C)C(=O)O. The van der Waals surface area contributed by atoms with Gasteiger partial charge in [-0.05, 0) is 42.3 Å². The molecular weight excluding hydrogens is 312 g/mol. The van der Waals surface area contributed by atoms with Gasteiger partial charge in [-0.1, -0.05) is 13.3 Å². The summed E-state index contributed by atoms with van der Waals surface area (Å²) in [5, 5.41) is 11.6. The lowest BCUT2D eigenvalue weighted by Crippen LogP contribution is -2.41. The van der Waals surface area contributed by atoms with E-state index >= 15 is 0 Å². The Bertz CT molecular complexity index is 468. The van der Waals surface area contributed by atoms with Crippen LogP contribution in [0.15, 0.2) is 16.7 Å². The van der Waals surface area contributed by atoms with Crippen molar-refractivity contribution < 1.29 is 14.7 Å². The third-order valence-corrected chi connectivity index (χ3v) is 3.22. The van der Waals surface area contributed by atoms with Gasteiger partial charge < -0.3 is 15.0 Å². The molecule has 0 aliphatic rings. The molecule has 0 fully saturated rings. The van der Waals surface area contributed by atoms with Crippen LogP contribution >= 0.6 is 15.9 Å². The van der Waals surface area contributed by atoms with Crippen molar-refractivity contribution in [1.29, 1.82) is 0 Å². The van der Waals surface area contributed by atoms with Crippen LogP contribution in [0.5, 0.6) is 0 Å². The maximum atomic E-state index is 12.2. The Hall–Kier alpha value is -1.30. The average Bonchev–Trinajstić information content (AvgIpc) is 2.70. The van der Waals surface area contributed by atoms with Gasteiger partial charge in [-0.25, -0.2) is 4.79 Å². The van der Waals surface area contributed by atoms with Crippen molar-refractivity contribution in [2.75, 3.05) is 0 Å². The highest BCUT2D eigenvalue weighted by molar-refractivity contribution is 9.10. The summed E-state index contributed by atoms with van der Waals surface area (Å²) >= 11 is 3.33. The van der Waals surface area contributed by atoms with Crippen LogP contribution < -0.4 is 5.32 Å². The Balaban J connectivity index is 2.91. The number of nitrogens with zero attached hydrogens (tertiary/aromatic N) is 1. The molecule has 1 rings (SSSR count). The fourth-order valence-corrected chi connectivity index (χ4v) is 2.27. The van der Waals surface area contributed by atoms with E-state index in [9.17, 15) is 9.59 Å². The van der Waals surface area contributed by atoms with Crippen molar-refractivity contribution in [2.24, 2.45) is 0 Å². The van der Waals surface area contributed by atoms with Gasteiger partial charge in [0.1, 0.15) is 11.7 Å². The van der Waals surface area contributed by atoms with Gasteiger partial charge in [-0.15, -0.1) is 0 Å². The Morgan fingerprint density at radius 3 is 2.58 bits per heavy atom. The maximum absolute atomic E-state index is 12.2. The van der Waals surface area contributed by atoms with Crippen LogP contribution in [0.2, 0.25) is 0 Å². The standard InChI is InChI=1S/C13H19BrN2O3/c1-4-5-10(13(18)19)15-12(17)11-6-9(14)7-16(11)8(2)3/h6-8,10H,4-5H2,1-3H3,(H,15,17)(H,18,19). The molecule has 0 saturated carbocycles. The summed E-state index contributed by atoms with van der Waals surface area (Å²) in [6.45, 7) is 5.81. The van der Waals surface area contributed by atoms with Crippen LogP contribution in [0.1, 0.15) is 50.1 Å². The molecule has 0 saturated heterocycles. The molecule has 1 aromatic rings. The first-order chi connectivity index (χ1) is 8.86. The Morgan fingerprint density at radius 2 is 2.11 bits per heavy atom. The van der Waals surface area contributed by atoms with Crippen LogP contribution in [-0.4, -0.2) is 27.6 Å². The van der Waals surface area contributed by atoms with Gasteiger partial charge in [-0.2, -0.15) is 0 Å². The molecule has 0 bridgehead atoms. The quantitative estimate of drug-likeness (QED) is 0.842. The summed E-state index contributed by atoms with van der Waals surface area (Å²) in [4.78, 5) is 23.2. The Kier molecular flexibility index (Phi) is 5.60. The average molecular weight is 331 g/mol. The highest BCUT2D eigenvalue weighted by Gasteiger charge is 2.22. The predicted molar refractivity (Wildman–Crippen MR) is 76.3 cm³/mol. The molecule has 1 aromatic heterocycles. The first-order valence-corrected chi connectivity index (χ1v) is 7.07. The number of aliphatic carboxylic acids is 1. The summed E-state index contributed by atoms with van der Waals surface area (Å²) in [6.07, 6.45) is 2.94. The van der Waals surface area contributed by atoms with Crippen molar-refractivity contribution in [3.8, 4) is 0 Å². The van der Waals surface area contributed by atoms with Gasteiger partial charge in [0.25, 0.3) is 5.91 Å². The Labute approximate surface area is 121 Å². The van der Waals surface area contributed by atoms with E-state index in [0.29, 0.717) is 18.5 Å². The molecule has 1 atom stereocenters. The van der Waals surface area contributed by atoms with E-state index in [1.165, 1.54) is 0 Å². The second kappa shape index (κ2) is 6.75. The molecule has 2 N–H and O–H groups in total. The fourth-order valence-electron chi connectivity index (χ4n) is 1.83. The van der Waals surface area contributed by atoms with Gasteiger partial charge in [-0.3, -0.25) is 4.79 Å². The van der Waals surface area contributed by atoms with E-state index in [2.05, 4.69) is 21.2 Å². The minimum absolute atomic E-state index is 0.126. The van der Waals surface area contributed by atoms with Crippen molar-refractivity contribution in [3.63, 3.8) is 0 Å². The largest absolute Gasteiger partial charge is 0.480 e. The molecule has 0 aromatic carbocycles. The lowest BCUT2D eigenvalue weighted by Gasteiger charge is -2.16. The van der Waals surface area contributed by atoms with Crippen molar-refractivity contribution >= 4 is 27.8 Å². The van der Waals surface area contributed by atoms with Crippen LogP contribution in [0.4, 0.5) is 0 Å². The number of hydrogen-bond acceptors (Lipinski definition) is 2. The lowest BCUT2D eigenvalue weighted by molar-refractivity contribution is -0.139. The molecule has 1 amide bonds. The second-order valence-electron chi connectivity index (χ2n) is 4.70. The molecule has 6 heteroatoms. The number of amides is 1. The monoisotopic (exact) mass is 330 g/mol. The van der Waals surface area contributed by atoms with Gasteiger partial charge in [0.05, 0.1) is 0 Å². The lowest BCUT2D eigenvalue weighted by atomic mass is 10.1. The number of halogens is 1. The molecule has 0 spiro atoms. The van der Waals surface area contributed by atoms with Gasteiger partial charge in [0.15, 0.2) is 0 Å². The third-order valence-electron chi connectivity index (χ3n) is 2.78. The molecule has 106 valence electrons. The predicted octanol–water partition coefficient (Wildman–Crippen LogP) is 2.81. The third kappa shape index (κ3) is 4.09. The molecule has 5 nitrogen and oxygen atoms in total. The van der Waals surface area contributed by atoms with E-state index in [4.69, 9.17) is 5.11 Å². The molecule has 19 heavy (non-hydrogen) atoms. The number of carbonyl (C=O) groups is 2. The zero-order valence-electron chi connectivity index (χ0n) is 11.3. The normalized spacial score (nSPS) is 12.5. The topological polar surface area (TPSA) is 71.3 Å². The number of carbonyl (C=O) groups excluding carboxylic acids is 1. The van der Waals surface area contributed by atoms with Gasteiger partial charge in [0.2, 0.25) is 0 Å². The van der Waals surface area contributed by atoms with Crippen molar-refractivity contribution in [2.45, 2.75) is 45.7 Å². The highest BCUT2D eigenvalue weighted by Crippen LogP contribution is 2.19. The minimum Gasteiger partial charge on any atom is -0.480 e. The maximum Gasteiger partial charge on any atom is 0.326 e. The number of hydrogen-bond donors (Lipinski definition) is 2. The molecule has 0 radical (unpaired) electrons. The minimum atomic E-state index is -1.00. The van der Waals surface area contributed by atoms with E-state index in [-0.39, 0.29) is 11.9 Å². The molecule has 0 aliphatic heterocycles. The number of aromatic nitrogens is 1. The van der Waals surface area contributed by atoms with Crippen molar-refractivity contribution in [3.05, 3.63) is 22.4 Å². The first kappa shape index (κ1) is 15.8. The van der Waals surface area contributed by atoms with Crippen LogP contribution in [-0.2, 0) is 4.79 Å². The van der Waals surface area contributed by atoms with Crippen LogP contribution in [0.3, 0.4) is 0 Å². The summed E-state index contributed by atoms with van der Waals surface area (Å²) in [6, 6.07) is 0.980. The fraction of sp³-hybridized carbons (Fsp3) is 0.538. The van der Waals surface area contributed by atoms with Gasteiger partial charge in [0, 0.05) is 16.7 Å². The molecule has 0 aliphatic carbocycles. The molecule has 1 heterocycles. The summed E-state index contributed by atoms with van der Waals surface area (Å²) in [7, 11) is 0. The van der Waals surface area contributed by atoms with Crippen LogP contribution in [0, 0.1) is 0 Å². The summed E-state index contributed by atoms with van der Waals surface area (Å²) < 4.78 is 2.61. The van der Waals surface area contributed by atoms with E-state index < -0.39 is 12.0 Å². The summed E-state index contributed by atoms with van der Waals surface area (Å²) in [5.41, 5.74) is 0.462. The zero-order valence-corrected chi connectivity index (χ0v) is 12.9. The first-order valence-electron chi connectivity index (χ1n) is 6.27. The second-order valence-corrected chi connectivity index (χ2v) is 5.61. The number of nitrogens with one attached hydrogen (secondary N) is 1. The van der Waals surface area contributed by atoms with Crippen molar-refractivity contribution in [1.82, 2.24) is 9.88 Å². The molecular formula is C13H19BrN2O3. The molecule has 1 unspecified atom stereocenters. The summed E-state index contributed by atoms with van der Waals surface area (Å²) in [5.74, 6) is -1.36. The van der Waals surface area contributed by atoms with Crippen LogP contribution in [0.25, 0.3) is 0 Å². The smallest absolute Gasteiger partial charge is 0.326 e. The number of rotatable bonds is 6. The highest BCUT2D eigenvalue weighted by atomic mass is 79.9. The van der Waals surface area contributed by atoms with E-state index in [1.807, 2.05) is 31.5 Å². The number of carboxylic acid groups (broad SMARTS) is 1. The Morgan fingerprint density at radius 1 is 1.47 bits per heavy atom.